The fourth-order valence-electron chi connectivity index (χ4n) is 1.15. The second-order valence-electron chi connectivity index (χ2n) is 2.80. The zero-order chi connectivity index (χ0) is 10.1. The number of halogens is 2. The first-order valence-electron chi connectivity index (χ1n) is 3.91. The predicted molar refractivity (Wildman–Crippen MR) is 70.1 cm³/mol. The third-order valence-corrected chi connectivity index (χ3v) is 5.08. The summed E-state index contributed by atoms with van der Waals surface area (Å²) in [4.78, 5) is 1.18. The Bertz CT molecular complexity index is 395. The van der Waals surface area contributed by atoms with E-state index >= 15 is 0 Å². The van der Waals surface area contributed by atoms with Gasteiger partial charge in [0.2, 0.25) is 0 Å². The van der Waals surface area contributed by atoms with Crippen LogP contribution in [-0.2, 0) is 0 Å². The van der Waals surface area contributed by atoms with E-state index in [1.54, 1.807) is 22.7 Å². The molecule has 1 unspecified atom stereocenters. The molecule has 0 spiro atoms. The molecule has 2 aromatic rings. The average molecular weight is 353 g/mol. The minimum atomic E-state index is -0.00569. The molecule has 0 radical (unpaired) electrons. The molecule has 0 aliphatic carbocycles. The molecule has 2 rings (SSSR count). The molecule has 5 heteroatoms. The minimum absolute atomic E-state index is 0.00569. The van der Waals surface area contributed by atoms with Gasteiger partial charge in [-0.3, -0.25) is 0 Å². The lowest BCUT2D eigenvalue weighted by molar-refractivity contribution is 0.899. The van der Waals surface area contributed by atoms with Crippen molar-refractivity contribution >= 4 is 54.5 Å². The molecule has 0 aliphatic heterocycles. The molecular weight excluding hydrogens is 346 g/mol. The maximum absolute atomic E-state index is 6.12. The average Bonchev–Trinajstić information content (AvgIpc) is 2.73. The van der Waals surface area contributed by atoms with Gasteiger partial charge in [0.15, 0.2) is 0 Å². The quantitative estimate of drug-likeness (QED) is 0.852. The highest BCUT2D eigenvalue weighted by molar-refractivity contribution is 9.11. The molecule has 74 valence electrons. The Morgan fingerprint density at radius 2 is 2.00 bits per heavy atom. The first-order valence-corrected chi connectivity index (χ1v) is 7.20. The second-order valence-corrected chi connectivity index (χ2v) is 7.59. The zero-order valence-corrected chi connectivity index (χ0v) is 11.8. The molecule has 14 heavy (non-hydrogen) atoms. The topological polar surface area (TPSA) is 26.0 Å². The minimum Gasteiger partial charge on any atom is -0.320 e. The monoisotopic (exact) mass is 351 g/mol. The van der Waals surface area contributed by atoms with Gasteiger partial charge in [-0.15, -0.1) is 22.7 Å². The SMILES string of the molecule is NC(c1csc(Br)c1)c1ccc(Br)s1. The van der Waals surface area contributed by atoms with E-state index in [4.69, 9.17) is 5.73 Å². The number of hydrogen-bond donors (Lipinski definition) is 1. The normalized spacial score (nSPS) is 13.1. The van der Waals surface area contributed by atoms with Gasteiger partial charge in [0.1, 0.15) is 0 Å². The van der Waals surface area contributed by atoms with E-state index in [1.165, 1.54) is 4.88 Å². The molecule has 1 nitrogen and oxygen atoms in total. The Balaban J connectivity index is 2.28. The lowest BCUT2D eigenvalue weighted by Gasteiger charge is -2.05. The number of rotatable bonds is 2. The van der Waals surface area contributed by atoms with Crippen LogP contribution >= 0.6 is 54.5 Å². The summed E-state index contributed by atoms with van der Waals surface area (Å²) in [6, 6.07) is 6.16. The second kappa shape index (κ2) is 4.45. The standard InChI is InChI=1S/C9H7Br2NS2/c10-7-2-1-6(14-7)9(12)5-3-8(11)13-4-5/h1-4,9H,12H2. The Morgan fingerprint density at radius 3 is 2.50 bits per heavy atom. The Hall–Kier alpha value is 0.320. The molecular formula is C9H7Br2NS2. The van der Waals surface area contributed by atoms with Crippen molar-refractivity contribution in [3.05, 3.63) is 41.6 Å². The van der Waals surface area contributed by atoms with Crippen LogP contribution in [-0.4, -0.2) is 0 Å². The number of hydrogen-bond acceptors (Lipinski definition) is 3. The summed E-state index contributed by atoms with van der Waals surface area (Å²) < 4.78 is 2.25. The molecule has 0 aliphatic rings. The van der Waals surface area contributed by atoms with Crippen LogP contribution in [0.1, 0.15) is 16.5 Å². The molecule has 0 fully saturated rings. The third-order valence-electron chi connectivity index (χ3n) is 1.85. The van der Waals surface area contributed by atoms with Gasteiger partial charge in [0.25, 0.3) is 0 Å². The Morgan fingerprint density at radius 1 is 1.21 bits per heavy atom. The van der Waals surface area contributed by atoms with Crippen LogP contribution in [0.5, 0.6) is 0 Å². The zero-order valence-electron chi connectivity index (χ0n) is 7.04. The first-order chi connectivity index (χ1) is 6.66. The fraction of sp³-hybridized carbons (Fsp3) is 0.111. The van der Waals surface area contributed by atoms with E-state index in [-0.39, 0.29) is 6.04 Å². The van der Waals surface area contributed by atoms with E-state index in [0.29, 0.717) is 0 Å². The van der Waals surface area contributed by atoms with Gasteiger partial charge < -0.3 is 5.73 Å². The van der Waals surface area contributed by atoms with Gasteiger partial charge in [-0.2, -0.15) is 0 Å². The van der Waals surface area contributed by atoms with Crippen molar-refractivity contribution in [2.75, 3.05) is 0 Å². The van der Waals surface area contributed by atoms with Crippen LogP contribution in [0.25, 0.3) is 0 Å². The maximum Gasteiger partial charge on any atom is 0.0702 e. The Labute approximate surface area is 107 Å². The molecule has 2 aromatic heterocycles. The summed E-state index contributed by atoms with van der Waals surface area (Å²) in [6.07, 6.45) is 0. The van der Waals surface area contributed by atoms with Crippen LogP contribution in [0.2, 0.25) is 0 Å². The summed E-state index contributed by atoms with van der Waals surface area (Å²) >= 11 is 10.2. The van der Waals surface area contributed by atoms with Gasteiger partial charge in [0.05, 0.1) is 13.6 Å². The summed E-state index contributed by atoms with van der Waals surface area (Å²) in [5.41, 5.74) is 7.28. The maximum atomic E-state index is 6.12. The highest BCUT2D eigenvalue weighted by Crippen LogP contribution is 2.32. The van der Waals surface area contributed by atoms with E-state index < -0.39 is 0 Å². The van der Waals surface area contributed by atoms with E-state index in [2.05, 4.69) is 49.4 Å². The van der Waals surface area contributed by atoms with Crippen LogP contribution in [0, 0.1) is 0 Å². The molecule has 1 atom stereocenters. The molecule has 2 N–H and O–H groups in total. The third kappa shape index (κ3) is 2.28. The molecule has 0 aromatic carbocycles. The van der Waals surface area contributed by atoms with Gasteiger partial charge in [0, 0.05) is 4.88 Å². The van der Waals surface area contributed by atoms with Gasteiger partial charge in [-0.1, -0.05) is 0 Å². The van der Waals surface area contributed by atoms with Crippen molar-refractivity contribution in [1.29, 1.82) is 0 Å². The van der Waals surface area contributed by atoms with Crippen LogP contribution in [0.3, 0.4) is 0 Å². The van der Waals surface area contributed by atoms with Crippen molar-refractivity contribution in [3.63, 3.8) is 0 Å². The van der Waals surface area contributed by atoms with E-state index in [9.17, 15) is 0 Å². The largest absolute Gasteiger partial charge is 0.320 e. The van der Waals surface area contributed by atoms with Crippen LogP contribution < -0.4 is 5.73 Å². The first kappa shape index (κ1) is 10.8. The smallest absolute Gasteiger partial charge is 0.0702 e. The molecule has 0 saturated carbocycles. The van der Waals surface area contributed by atoms with E-state index in [0.717, 1.165) is 13.1 Å². The predicted octanol–water partition coefficient (Wildman–Crippen LogP) is 4.38. The van der Waals surface area contributed by atoms with E-state index in [1.807, 2.05) is 6.07 Å². The molecule has 0 bridgehead atoms. The molecule has 0 amide bonds. The summed E-state index contributed by atoms with van der Waals surface area (Å²) in [5, 5.41) is 2.09. The highest BCUT2D eigenvalue weighted by atomic mass is 79.9. The van der Waals surface area contributed by atoms with Crippen molar-refractivity contribution in [2.24, 2.45) is 5.73 Å². The number of nitrogens with two attached hydrogens (primary N) is 1. The van der Waals surface area contributed by atoms with Crippen molar-refractivity contribution in [2.45, 2.75) is 6.04 Å². The molecule has 2 heterocycles. The summed E-state index contributed by atoms with van der Waals surface area (Å²) in [7, 11) is 0. The molecule has 0 saturated heterocycles. The van der Waals surface area contributed by atoms with Gasteiger partial charge in [-0.25, -0.2) is 0 Å². The highest BCUT2D eigenvalue weighted by Gasteiger charge is 2.12. The van der Waals surface area contributed by atoms with Gasteiger partial charge >= 0.3 is 0 Å². The number of thiophene rings is 2. The van der Waals surface area contributed by atoms with Crippen molar-refractivity contribution in [3.8, 4) is 0 Å². The van der Waals surface area contributed by atoms with Crippen molar-refractivity contribution in [1.82, 2.24) is 0 Å². The van der Waals surface area contributed by atoms with Gasteiger partial charge in [-0.05, 0) is 61.0 Å². The lowest BCUT2D eigenvalue weighted by Crippen LogP contribution is -2.08. The summed E-state index contributed by atoms with van der Waals surface area (Å²) in [5.74, 6) is 0. The van der Waals surface area contributed by atoms with Crippen LogP contribution in [0.4, 0.5) is 0 Å². The van der Waals surface area contributed by atoms with Crippen molar-refractivity contribution < 1.29 is 0 Å². The Kier molecular flexibility index (Phi) is 3.44. The lowest BCUT2D eigenvalue weighted by atomic mass is 10.1. The van der Waals surface area contributed by atoms with Crippen LogP contribution in [0.15, 0.2) is 31.2 Å². The summed E-state index contributed by atoms with van der Waals surface area (Å²) in [6.45, 7) is 0. The fourth-order valence-corrected chi connectivity index (χ4v) is 3.81.